The van der Waals surface area contributed by atoms with Gasteiger partial charge in [0.15, 0.2) is 0 Å². The van der Waals surface area contributed by atoms with E-state index in [1.807, 2.05) is 76.2 Å². The summed E-state index contributed by atoms with van der Waals surface area (Å²) in [7, 11) is 0. The Morgan fingerprint density at radius 2 is 1.65 bits per heavy atom. The summed E-state index contributed by atoms with van der Waals surface area (Å²) in [5.41, 5.74) is 16.3. The normalized spacial score (nSPS) is 14.9. The fourth-order valence-electron chi connectivity index (χ4n) is 5.26. The highest BCUT2D eigenvalue weighted by atomic mass is 16.5. The topological polar surface area (TPSA) is 177 Å². The molecule has 0 unspecified atom stereocenters. The van der Waals surface area contributed by atoms with Gasteiger partial charge in [0.1, 0.15) is 0 Å². The lowest BCUT2D eigenvalue weighted by molar-refractivity contribution is -0.134. The number of nitrogens with two attached hydrogens (primary N) is 3. The van der Waals surface area contributed by atoms with Gasteiger partial charge in [0.25, 0.3) is 5.91 Å². The molecule has 260 valence electrons. The number of rotatable bonds is 16. The van der Waals surface area contributed by atoms with Crippen molar-refractivity contribution in [1.82, 2.24) is 15.2 Å². The number of nitrogens with one attached hydrogen (secondary N) is 1. The van der Waals surface area contributed by atoms with Crippen molar-refractivity contribution >= 4 is 41.2 Å². The lowest BCUT2D eigenvalue weighted by Crippen LogP contribution is -2.40. The van der Waals surface area contributed by atoms with Crippen LogP contribution in [0.15, 0.2) is 60.7 Å². The van der Waals surface area contributed by atoms with Crippen molar-refractivity contribution in [1.29, 1.82) is 0 Å². The number of amides is 4. The Balaban J connectivity index is 1.78. The summed E-state index contributed by atoms with van der Waals surface area (Å²) in [6, 6.07) is 15.1. The largest absolute Gasteiger partial charge is 0.396 e. The molecule has 2 aromatic rings. The summed E-state index contributed by atoms with van der Waals surface area (Å²) in [6.07, 6.45) is 4.47. The maximum atomic E-state index is 13.7. The molecule has 12 nitrogen and oxygen atoms in total. The molecule has 0 atom stereocenters. The first-order valence-electron chi connectivity index (χ1n) is 16.3. The lowest BCUT2D eigenvalue weighted by Gasteiger charge is -2.34. The smallest absolute Gasteiger partial charge is 0.252 e. The van der Waals surface area contributed by atoms with Crippen molar-refractivity contribution in [2.24, 2.45) is 17.3 Å². The lowest BCUT2D eigenvalue weighted by atomic mass is 9.95. The van der Waals surface area contributed by atoms with E-state index in [0.29, 0.717) is 48.6 Å². The highest BCUT2D eigenvalue weighted by molar-refractivity contribution is 6.01. The first kappa shape index (κ1) is 37.9. The standard InChI is InChI=1S/C36H51N7O5/c1-6-11-31(46)41(25-44)21-17-30(45)40-20-16-32(47)42-24-26-12-7-8-13-27(26)34(33(37)28-14-9-10-15-29(28)42)43(39)22-18-36(4,5)48-23-19-35(2,3)38/h6-15,25H,16-24,37-39H2,1-5H3,(H,40,45)/b11-6-,34-33-. The van der Waals surface area contributed by atoms with Crippen molar-refractivity contribution in [3.63, 3.8) is 0 Å². The number of carbonyl (C=O) groups excluding carboxylic acids is 4. The molecule has 0 fully saturated rings. The van der Waals surface area contributed by atoms with Gasteiger partial charge in [-0.1, -0.05) is 48.5 Å². The van der Waals surface area contributed by atoms with Crippen LogP contribution in [0, 0.1) is 0 Å². The third-order valence-corrected chi connectivity index (χ3v) is 8.08. The number of para-hydroxylation sites is 1. The van der Waals surface area contributed by atoms with E-state index in [1.54, 1.807) is 16.8 Å². The van der Waals surface area contributed by atoms with Gasteiger partial charge in [-0.3, -0.25) is 24.1 Å². The van der Waals surface area contributed by atoms with E-state index >= 15 is 0 Å². The molecule has 0 saturated carbocycles. The number of nitrogens with zero attached hydrogens (tertiary/aromatic N) is 3. The van der Waals surface area contributed by atoms with Crippen LogP contribution in [-0.4, -0.2) is 71.4 Å². The van der Waals surface area contributed by atoms with Crippen LogP contribution in [0.4, 0.5) is 5.69 Å². The van der Waals surface area contributed by atoms with Crippen molar-refractivity contribution < 1.29 is 23.9 Å². The molecule has 3 rings (SSSR count). The van der Waals surface area contributed by atoms with Crippen LogP contribution in [-0.2, 0) is 30.5 Å². The average Bonchev–Trinajstić information content (AvgIpc) is 3.02. The number of hydrazine groups is 1. The van der Waals surface area contributed by atoms with Crippen LogP contribution in [0.3, 0.4) is 0 Å². The number of allylic oxidation sites excluding steroid dienone is 1. The molecule has 0 saturated heterocycles. The molecule has 1 aliphatic rings. The van der Waals surface area contributed by atoms with E-state index < -0.39 is 11.5 Å². The average molecular weight is 662 g/mol. The number of imide groups is 1. The van der Waals surface area contributed by atoms with Crippen LogP contribution in [0.25, 0.3) is 11.4 Å². The van der Waals surface area contributed by atoms with Crippen molar-refractivity contribution in [2.75, 3.05) is 31.1 Å². The number of carbonyl (C=O) groups is 4. The van der Waals surface area contributed by atoms with Gasteiger partial charge in [-0.15, -0.1) is 0 Å². The fourth-order valence-corrected chi connectivity index (χ4v) is 5.26. The Kier molecular flexibility index (Phi) is 13.5. The van der Waals surface area contributed by atoms with E-state index in [0.717, 1.165) is 22.4 Å². The Morgan fingerprint density at radius 1 is 0.979 bits per heavy atom. The fraction of sp³-hybridized carbons (Fsp3) is 0.444. The molecule has 48 heavy (non-hydrogen) atoms. The molecule has 2 aromatic carbocycles. The summed E-state index contributed by atoms with van der Waals surface area (Å²) in [5, 5.41) is 4.38. The first-order chi connectivity index (χ1) is 22.7. The Labute approximate surface area is 283 Å². The number of anilines is 1. The number of hydrogen-bond donors (Lipinski definition) is 4. The van der Waals surface area contributed by atoms with Crippen LogP contribution in [0.1, 0.15) is 77.0 Å². The summed E-state index contributed by atoms with van der Waals surface area (Å²) in [4.78, 5) is 51.9. The zero-order valence-electron chi connectivity index (χ0n) is 28.8. The van der Waals surface area contributed by atoms with Gasteiger partial charge in [0.2, 0.25) is 18.2 Å². The molecule has 0 aromatic heterocycles. The second-order valence-electron chi connectivity index (χ2n) is 13.2. The second kappa shape index (κ2) is 17.0. The third-order valence-electron chi connectivity index (χ3n) is 8.08. The Bertz CT molecular complexity index is 1510. The van der Waals surface area contributed by atoms with Gasteiger partial charge in [-0.05, 0) is 65.2 Å². The van der Waals surface area contributed by atoms with Crippen molar-refractivity contribution in [3.05, 3.63) is 77.4 Å². The van der Waals surface area contributed by atoms with Crippen LogP contribution in [0.2, 0.25) is 0 Å². The minimum absolute atomic E-state index is 0.0209. The molecule has 0 radical (unpaired) electrons. The monoisotopic (exact) mass is 661 g/mol. The van der Waals surface area contributed by atoms with Crippen LogP contribution < -0.4 is 27.5 Å². The quantitative estimate of drug-likeness (QED) is 0.0910. The zero-order chi connectivity index (χ0) is 35.5. The van der Waals surface area contributed by atoms with E-state index in [2.05, 4.69) is 5.32 Å². The molecule has 7 N–H and O–H groups in total. The number of ether oxygens (including phenoxy) is 1. The molecule has 0 aliphatic carbocycles. The van der Waals surface area contributed by atoms with Gasteiger partial charge in [0.05, 0.1) is 29.2 Å². The van der Waals surface area contributed by atoms with E-state index in [4.69, 9.17) is 22.0 Å². The Morgan fingerprint density at radius 3 is 2.31 bits per heavy atom. The number of benzene rings is 2. The minimum Gasteiger partial charge on any atom is -0.396 e. The maximum Gasteiger partial charge on any atom is 0.252 e. The molecular formula is C36H51N7O5. The molecule has 4 amide bonds. The highest BCUT2D eigenvalue weighted by Gasteiger charge is 2.29. The van der Waals surface area contributed by atoms with Gasteiger partial charge >= 0.3 is 0 Å². The van der Waals surface area contributed by atoms with Crippen LogP contribution in [0.5, 0.6) is 0 Å². The predicted octanol–water partition coefficient (Wildman–Crippen LogP) is 3.26. The molecule has 0 spiro atoms. The molecule has 0 bridgehead atoms. The van der Waals surface area contributed by atoms with Gasteiger partial charge in [-0.25, -0.2) is 5.84 Å². The van der Waals surface area contributed by atoms with E-state index in [9.17, 15) is 19.2 Å². The van der Waals surface area contributed by atoms with Gasteiger partial charge < -0.3 is 31.4 Å². The van der Waals surface area contributed by atoms with Crippen molar-refractivity contribution in [3.8, 4) is 0 Å². The second-order valence-corrected chi connectivity index (χ2v) is 13.2. The minimum atomic E-state index is -0.499. The zero-order valence-corrected chi connectivity index (χ0v) is 28.8. The van der Waals surface area contributed by atoms with E-state index in [1.165, 1.54) is 12.2 Å². The Hall–Kier alpha value is -4.52. The molecule has 1 heterocycles. The van der Waals surface area contributed by atoms with E-state index in [-0.39, 0.29) is 49.8 Å². The summed E-state index contributed by atoms with van der Waals surface area (Å²) < 4.78 is 6.16. The van der Waals surface area contributed by atoms with Gasteiger partial charge in [0, 0.05) is 55.7 Å². The maximum absolute atomic E-state index is 13.7. The number of hydrogen-bond acceptors (Lipinski definition) is 9. The molecular weight excluding hydrogens is 610 g/mol. The summed E-state index contributed by atoms with van der Waals surface area (Å²) >= 11 is 0. The predicted molar refractivity (Wildman–Crippen MR) is 188 cm³/mol. The van der Waals surface area contributed by atoms with Crippen molar-refractivity contribution in [2.45, 2.75) is 78.0 Å². The molecule has 12 heteroatoms. The summed E-state index contributed by atoms with van der Waals surface area (Å²) in [5.74, 6) is 5.68. The van der Waals surface area contributed by atoms with Gasteiger partial charge in [-0.2, -0.15) is 0 Å². The summed E-state index contributed by atoms with van der Waals surface area (Å²) in [6.45, 7) is 10.9. The highest BCUT2D eigenvalue weighted by Crippen LogP contribution is 2.37. The third kappa shape index (κ3) is 10.8. The van der Waals surface area contributed by atoms with Crippen LogP contribution >= 0.6 is 0 Å². The first-order valence-corrected chi connectivity index (χ1v) is 16.3. The SMILES string of the molecule is C/C=C\C(=O)N(C=O)CCC(=O)NCCC(=O)N1Cc2ccccc2/C(N(N)CCC(C)(C)OCCC(C)(C)N)=C(/N)c2ccccc21. The molecule has 1 aliphatic heterocycles. The number of fused-ring (bicyclic) bond motifs is 2.